The highest BCUT2D eigenvalue weighted by atomic mass is 19.4. The van der Waals surface area contributed by atoms with Gasteiger partial charge in [-0.1, -0.05) is 5.57 Å². The Morgan fingerprint density at radius 1 is 1.50 bits per heavy atom. The molecule has 0 aromatic rings. The molecule has 0 aliphatic carbocycles. The van der Waals surface area contributed by atoms with Crippen LogP contribution in [0.2, 0.25) is 0 Å². The van der Waals surface area contributed by atoms with Crippen LogP contribution < -0.4 is 0 Å². The summed E-state index contributed by atoms with van der Waals surface area (Å²) in [4.78, 5) is 10.2. The van der Waals surface area contributed by atoms with E-state index in [-0.39, 0.29) is 18.6 Å². The van der Waals surface area contributed by atoms with Crippen LogP contribution in [0.1, 0.15) is 12.8 Å². The third kappa shape index (κ3) is 7.60. The Hall–Kier alpha value is -1.04. The molecule has 1 N–H and O–H groups in total. The van der Waals surface area contributed by atoms with E-state index < -0.39 is 18.6 Å². The Bertz CT molecular complexity index is 220. The predicted molar refractivity (Wildman–Crippen MR) is 42.9 cm³/mol. The molecule has 0 aromatic carbocycles. The van der Waals surface area contributed by atoms with E-state index in [1.165, 1.54) is 7.11 Å². The fraction of sp³-hybridized carbons (Fsp3) is 0.625. The van der Waals surface area contributed by atoms with Gasteiger partial charge in [0.05, 0.1) is 6.42 Å². The molecule has 0 atom stereocenters. The summed E-state index contributed by atoms with van der Waals surface area (Å²) in [6.07, 6.45) is -5.04. The Balaban J connectivity index is 4.33. The average Bonchev–Trinajstić information content (AvgIpc) is 1.96. The molecule has 0 amide bonds. The molecular formula is C8H11F3O3. The molecule has 6 heteroatoms. The Labute approximate surface area is 79.2 Å². The lowest BCUT2D eigenvalue weighted by molar-refractivity contribution is -0.132. The number of carboxylic acid groups (broad SMARTS) is 1. The van der Waals surface area contributed by atoms with Crippen molar-refractivity contribution in [2.45, 2.75) is 19.0 Å². The van der Waals surface area contributed by atoms with Gasteiger partial charge < -0.3 is 9.84 Å². The minimum atomic E-state index is -4.38. The average molecular weight is 212 g/mol. The number of carboxylic acids is 1. The van der Waals surface area contributed by atoms with Crippen LogP contribution in [-0.2, 0) is 9.53 Å². The standard InChI is InChI=1S/C8H11F3O3/c1-14-3-2-6(4-7(12)13)5-8(9,10)11/h4H,2-3,5H2,1H3,(H,12,13)/b6-4-. The van der Waals surface area contributed by atoms with Crippen LogP contribution in [0.4, 0.5) is 13.2 Å². The molecule has 0 bridgehead atoms. The molecule has 82 valence electrons. The zero-order chi connectivity index (χ0) is 11.2. The maximum atomic E-state index is 11.9. The highest BCUT2D eigenvalue weighted by Gasteiger charge is 2.28. The minimum absolute atomic E-state index is 0.0255. The number of rotatable bonds is 5. The SMILES string of the molecule is COCC/C(=C/C(=O)O)CC(F)(F)F. The predicted octanol–water partition coefficient (Wildman–Crippen LogP) is 1.99. The summed E-state index contributed by atoms with van der Waals surface area (Å²) in [7, 11) is 1.34. The topological polar surface area (TPSA) is 46.5 Å². The van der Waals surface area contributed by atoms with Crippen LogP contribution >= 0.6 is 0 Å². The lowest BCUT2D eigenvalue weighted by Crippen LogP contribution is -2.10. The van der Waals surface area contributed by atoms with Crippen LogP contribution in [0.15, 0.2) is 11.6 Å². The molecule has 14 heavy (non-hydrogen) atoms. The molecule has 0 aromatic heterocycles. The molecule has 0 saturated carbocycles. The van der Waals surface area contributed by atoms with Crippen molar-refractivity contribution in [2.75, 3.05) is 13.7 Å². The monoisotopic (exact) mass is 212 g/mol. The smallest absolute Gasteiger partial charge is 0.392 e. The van der Waals surface area contributed by atoms with E-state index in [0.717, 1.165) is 0 Å². The van der Waals surface area contributed by atoms with Gasteiger partial charge in [-0.3, -0.25) is 0 Å². The van der Waals surface area contributed by atoms with Gasteiger partial charge in [0.25, 0.3) is 0 Å². The number of hydrogen-bond donors (Lipinski definition) is 1. The largest absolute Gasteiger partial charge is 0.478 e. The van der Waals surface area contributed by atoms with E-state index in [2.05, 4.69) is 4.74 Å². The van der Waals surface area contributed by atoms with E-state index >= 15 is 0 Å². The van der Waals surface area contributed by atoms with E-state index in [1.54, 1.807) is 0 Å². The summed E-state index contributed by atoms with van der Waals surface area (Å²) < 4.78 is 40.3. The van der Waals surface area contributed by atoms with Crippen LogP contribution in [-0.4, -0.2) is 31.0 Å². The Morgan fingerprint density at radius 3 is 2.43 bits per heavy atom. The van der Waals surface area contributed by atoms with Crippen molar-refractivity contribution in [3.05, 3.63) is 11.6 Å². The molecular weight excluding hydrogens is 201 g/mol. The minimum Gasteiger partial charge on any atom is -0.478 e. The number of halogens is 3. The molecule has 0 unspecified atom stereocenters. The second-order valence-corrected chi connectivity index (χ2v) is 2.68. The molecule has 0 heterocycles. The molecule has 0 aliphatic rings. The fourth-order valence-electron chi connectivity index (χ4n) is 0.877. The first kappa shape index (κ1) is 13.0. The van der Waals surface area contributed by atoms with Gasteiger partial charge in [-0.2, -0.15) is 13.2 Å². The quantitative estimate of drug-likeness (QED) is 0.709. The number of carbonyl (C=O) groups is 1. The lowest BCUT2D eigenvalue weighted by atomic mass is 10.1. The summed E-state index contributed by atoms with van der Waals surface area (Å²) >= 11 is 0. The molecule has 0 radical (unpaired) electrons. The van der Waals surface area contributed by atoms with E-state index in [1.807, 2.05) is 0 Å². The van der Waals surface area contributed by atoms with Crippen molar-refractivity contribution in [1.29, 1.82) is 0 Å². The van der Waals surface area contributed by atoms with Crippen molar-refractivity contribution in [1.82, 2.24) is 0 Å². The Morgan fingerprint density at radius 2 is 2.07 bits per heavy atom. The first-order chi connectivity index (χ1) is 6.35. The molecule has 0 rings (SSSR count). The number of alkyl halides is 3. The zero-order valence-corrected chi connectivity index (χ0v) is 7.60. The second-order valence-electron chi connectivity index (χ2n) is 2.68. The van der Waals surface area contributed by atoms with E-state index in [0.29, 0.717) is 6.08 Å². The summed E-state index contributed by atoms with van der Waals surface area (Å²) in [5.41, 5.74) is -0.188. The third-order valence-corrected chi connectivity index (χ3v) is 1.38. The van der Waals surface area contributed by atoms with Crippen LogP contribution in [0.5, 0.6) is 0 Å². The molecule has 3 nitrogen and oxygen atoms in total. The molecule has 0 saturated heterocycles. The molecule has 0 aliphatic heterocycles. The highest BCUT2D eigenvalue weighted by Crippen LogP contribution is 2.25. The van der Waals surface area contributed by atoms with Crippen molar-refractivity contribution in [3.63, 3.8) is 0 Å². The van der Waals surface area contributed by atoms with Crippen molar-refractivity contribution < 1.29 is 27.8 Å². The molecule has 0 spiro atoms. The first-order valence-corrected chi connectivity index (χ1v) is 3.83. The van der Waals surface area contributed by atoms with Gasteiger partial charge in [0.15, 0.2) is 0 Å². The van der Waals surface area contributed by atoms with Gasteiger partial charge in [-0.15, -0.1) is 0 Å². The lowest BCUT2D eigenvalue weighted by Gasteiger charge is -2.09. The maximum absolute atomic E-state index is 11.9. The normalized spacial score (nSPS) is 13.0. The summed E-state index contributed by atoms with van der Waals surface area (Å²) in [6.45, 7) is 0.0786. The van der Waals surface area contributed by atoms with Gasteiger partial charge >= 0.3 is 12.1 Å². The highest BCUT2D eigenvalue weighted by molar-refractivity contribution is 5.80. The van der Waals surface area contributed by atoms with E-state index in [9.17, 15) is 18.0 Å². The van der Waals surface area contributed by atoms with Gasteiger partial charge in [0, 0.05) is 19.8 Å². The van der Waals surface area contributed by atoms with Crippen LogP contribution in [0.3, 0.4) is 0 Å². The zero-order valence-electron chi connectivity index (χ0n) is 7.60. The summed E-state index contributed by atoms with van der Waals surface area (Å²) in [5.74, 6) is -1.37. The van der Waals surface area contributed by atoms with Gasteiger partial charge in [0.2, 0.25) is 0 Å². The number of ether oxygens (including phenoxy) is 1. The maximum Gasteiger partial charge on any atom is 0.392 e. The van der Waals surface area contributed by atoms with Crippen LogP contribution in [0, 0.1) is 0 Å². The van der Waals surface area contributed by atoms with Gasteiger partial charge in [0.1, 0.15) is 0 Å². The number of aliphatic carboxylic acids is 1. The van der Waals surface area contributed by atoms with Gasteiger partial charge in [-0.05, 0) is 6.42 Å². The second kappa shape index (κ2) is 5.64. The Kier molecular flexibility index (Phi) is 5.22. The van der Waals surface area contributed by atoms with Crippen molar-refractivity contribution >= 4 is 5.97 Å². The van der Waals surface area contributed by atoms with Crippen molar-refractivity contribution in [2.24, 2.45) is 0 Å². The number of hydrogen-bond acceptors (Lipinski definition) is 2. The van der Waals surface area contributed by atoms with Gasteiger partial charge in [-0.25, -0.2) is 4.79 Å². The summed E-state index contributed by atoms with van der Waals surface area (Å²) in [5, 5.41) is 8.30. The van der Waals surface area contributed by atoms with Crippen LogP contribution in [0.25, 0.3) is 0 Å². The number of methoxy groups -OCH3 is 1. The fourth-order valence-corrected chi connectivity index (χ4v) is 0.877. The first-order valence-electron chi connectivity index (χ1n) is 3.83. The van der Waals surface area contributed by atoms with Crippen molar-refractivity contribution in [3.8, 4) is 0 Å². The third-order valence-electron chi connectivity index (χ3n) is 1.38. The molecule has 0 fully saturated rings. The summed E-state index contributed by atoms with van der Waals surface area (Å²) in [6, 6.07) is 0. The van der Waals surface area contributed by atoms with E-state index in [4.69, 9.17) is 5.11 Å².